The Morgan fingerprint density at radius 2 is 2.00 bits per heavy atom. The molecule has 2 amide bonds. The van der Waals surface area contributed by atoms with Gasteiger partial charge < -0.3 is 25.4 Å². The van der Waals surface area contributed by atoms with Gasteiger partial charge in [0, 0.05) is 57.5 Å². The van der Waals surface area contributed by atoms with Crippen molar-refractivity contribution in [3.63, 3.8) is 0 Å². The summed E-state index contributed by atoms with van der Waals surface area (Å²) in [5, 5.41) is 10.5. The molecular weight excluding hydrogens is 496 g/mol. The van der Waals surface area contributed by atoms with Crippen molar-refractivity contribution in [2.45, 2.75) is 71.3 Å². The van der Waals surface area contributed by atoms with E-state index in [-0.39, 0.29) is 35.7 Å². The summed E-state index contributed by atoms with van der Waals surface area (Å²) < 4.78 is 5.68. The van der Waals surface area contributed by atoms with Crippen LogP contribution in [0, 0.1) is 11.3 Å². The van der Waals surface area contributed by atoms with Crippen LogP contribution in [0.2, 0.25) is 0 Å². The number of aliphatic carboxylic acids is 1. The Balaban J connectivity index is 1.58. The summed E-state index contributed by atoms with van der Waals surface area (Å²) in [5.74, 6) is -0.755. The lowest BCUT2D eigenvalue weighted by Crippen LogP contribution is -2.46. The molecule has 3 heterocycles. The summed E-state index contributed by atoms with van der Waals surface area (Å²) in [5.41, 5.74) is 7.76. The fourth-order valence-electron chi connectivity index (χ4n) is 6.57. The first-order chi connectivity index (χ1) is 18.6. The average Bonchev–Trinajstić information content (AvgIpc) is 3.56. The van der Waals surface area contributed by atoms with Crippen LogP contribution in [0.4, 0.5) is 0 Å². The van der Waals surface area contributed by atoms with Crippen LogP contribution in [0.5, 0.6) is 5.75 Å². The molecule has 0 aromatic heterocycles. The van der Waals surface area contributed by atoms with Crippen molar-refractivity contribution >= 4 is 17.8 Å². The smallest absolute Gasteiger partial charge is 0.308 e. The summed E-state index contributed by atoms with van der Waals surface area (Å²) in [7, 11) is 0. The van der Waals surface area contributed by atoms with Crippen LogP contribution >= 0.6 is 0 Å². The number of nitrogens with zero attached hydrogens (tertiary/aromatic N) is 3. The van der Waals surface area contributed by atoms with Gasteiger partial charge in [0.2, 0.25) is 11.8 Å². The van der Waals surface area contributed by atoms with Crippen molar-refractivity contribution in [2.24, 2.45) is 17.1 Å². The van der Waals surface area contributed by atoms with Crippen molar-refractivity contribution in [1.29, 1.82) is 0 Å². The summed E-state index contributed by atoms with van der Waals surface area (Å²) >= 11 is 0. The number of unbranched alkanes of at least 4 members (excludes halogenated alkanes) is 1. The lowest BCUT2D eigenvalue weighted by Gasteiger charge is -2.31. The maximum Gasteiger partial charge on any atom is 0.308 e. The first-order valence-corrected chi connectivity index (χ1v) is 14.6. The summed E-state index contributed by atoms with van der Waals surface area (Å²) in [6.45, 7) is 10.6. The van der Waals surface area contributed by atoms with Crippen LogP contribution < -0.4 is 10.5 Å². The predicted octanol–water partition coefficient (Wildman–Crippen LogP) is 2.72. The number of likely N-dealkylation sites (tertiary alicyclic amines) is 2. The molecule has 0 bridgehead atoms. The van der Waals surface area contributed by atoms with Crippen molar-refractivity contribution in [3.8, 4) is 5.75 Å². The molecule has 0 saturated carbocycles. The van der Waals surface area contributed by atoms with Crippen LogP contribution in [-0.4, -0.2) is 96.1 Å². The molecule has 3 aliphatic heterocycles. The third kappa shape index (κ3) is 6.92. The molecular formula is C30H46N4O5. The highest BCUT2D eigenvalue weighted by atomic mass is 16.5. The minimum atomic E-state index is -0.851. The van der Waals surface area contributed by atoms with E-state index in [1.54, 1.807) is 0 Å². The fraction of sp³-hybridized carbons (Fsp3) is 0.700. The molecule has 0 radical (unpaired) electrons. The van der Waals surface area contributed by atoms with E-state index in [9.17, 15) is 19.5 Å². The second-order valence-corrected chi connectivity index (χ2v) is 12.3. The number of rotatable bonds is 13. The van der Waals surface area contributed by atoms with E-state index in [1.165, 1.54) is 0 Å². The van der Waals surface area contributed by atoms with Crippen molar-refractivity contribution in [3.05, 3.63) is 29.3 Å². The lowest BCUT2D eigenvalue weighted by atomic mass is 9.83. The van der Waals surface area contributed by atoms with Gasteiger partial charge in [-0.3, -0.25) is 19.3 Å². The molecule has 3 N–H and O–H groups in total. The molecule has 1 aromatic rings. The normalized spacial score (nSPS) is 24.2. The molecule has 9 nitrogen and oxygen atoms in total. The van der Waals surface area contributed by atoms with Gasteiger partial charge in [-0.15, -0.1) is 0 Å². The molecule has 2 saturated heterocycles. The molecule has 39 heavy (non-hydrogen) atoms. The van der Waals surface area contributed by atoms with E-state index < -0.39 is 11.9 Å². The van der Waals surface area contributed by atoms with Gasteiger partial charge in [0.05, 0.1) is 19.1 Å². The number of hydrogen-bond acceptors (Lipinski definition) is 6. The zero-order valence-electron chi connectivity index (χ0n) is 23.9. The number of carboxylic acids is 1. The van der Waals surface area contributed by atoms with Gasteiger partial charge in [0.25, 0.3) is 0 Å². The summed E-state index contributed by atoms with van der Waals surface area (Å²) in [6, 6.07) is 5.67. The number of carbonyl (C=O) groups excluding carboxylic acids is 2. The van der Waals surface area contributed by atoms with Crippen molar-refractivity contribution in [1.82, 2.24) is 14.7 Å². The third-order valence-corrected chi connectivity index (χ3v) is 8.58. The van der Waals surface area contributed by atoms with Gasteiger partial charge >= 0.3 is 5.97 Å². The average molecular weight is 543 g/mol. The molecule has 3 atom stereocenters. The van der Waals surface area contributed by atoms with Gasteiger partial charge in [0.15, 0.2) is 0 Å². The van der Waals surface area contributed by atoms with E-state index in [1.807, 2.05) is 21.9 Å². The van der Waals surface area contributed by atoms with Gasteiger partial charge in [-0.1, -0.05) is 39.3 Å². The molecule has 2 fully saturated rings. The van der Waals surface area contributed by atoms with Crippen molar-refractivity contribution in [2.75, 3.05) is 52.4 Å². The number of ether oxygens (including phenoxy) is 1. The van der Waals surface area contributed by atoms with Crippen LogP contribution in [0.15, 0.2) is 18.2 Å². The van der Waals surface area contributed by atoms with Crippen molar-refractivity contribution < 1.29 is 24.2 Å². The number of amides is 2. The zero-order chi connectivity index (χ0) is 28.2. The third-order valence-electron chi connectivity index (χ3n) is 8.58. The number of fused-ring (bicyclic) bond motifs is 1. The van der Waals surface area contributed by atoms with E-state index in [2.05, 4.69) is 31.7 Å². The Kier molecular flexibility index (Phi) is 9.54. The van der Waals surface area contributed by atoms with E-state index in [0.29, 0.717) is 58.7 Å². The molecule has 0 aliphatic carbocycles. The maximum atomic E-state index is 13.5. The topological polar surface area (TPSA) is 116 Å². The second-order valence-electron chi connectivity index (χ2n) is 12.3. The van der Waals surface area contributed by atoms with E-state index in [4.69, 9.17) is 10.5 Å². The molecule has 3 aliphatic rings. The summed E-state index contributed by atoms with van der Waals surface area (Å²) in [4.78, 5) is 44.8. The van der Waals surface area contributed by atoms with Crippen LogP contribution in [0.3, 0.4) is 0 Å². The molecule has 216 valence electrons. The fourth-order valence-corrected chi connectivity index (χ4v) is 6.57. The van der Waals surface area contributed by atoms with Gasteiger partial charge in [-0.2, -0.15) is 0 Å². The highest BCUT2D eigenvalue weighted by Crippen LogP contribution is 2.41. The number of carboxylic acid groups (broad SMARTS) is 1. The van der Waals surface area contributed by atoms with E-state index in [0.717, 1.165) is 42.6 Å². The van der Waals surface area contributed by atoms with Gasteiger partial charge in [-0.25, -0.2) is 0 Å². The maximum absolute atomic E-state index is 13.5. The minimum absolute atomic E-state index is 0.0208. The predicted molar refractivity (Wildman–Crippen MR) is 150 cm³/mol. The number of nitrogens with two attached hydrogens (primary N) is 1. The molecule has 4 rings (SSSR count). The Morgan fingerprint density at radius 3 is 2.67 bits per heavy atom. The largest absolute Gasteiger partial charge is 0.493 e. The monoisotopic (exact) mass is 542 g/mol. The standard InChI is InChI=1S/C30H46N4O5/c1-4-5-12-32(13-6-11-31)27(36)19-34-18-23(21-7-8-25-22(16-21)10-15-39-25)28(29(37)38)24(34)9-14-33-20-30(2,3)17-26(33)35/h7-8,16,23-24,28H,4-6,9-15,17-20,31H2,1-3H3,(H,37,38). The van der Waals surface area contributed by atoms with Crippen LogP contribution in [0.1, 0.15) is 69.9 Å². The number of carbonyl (C=O) groups is 3. The Hall–Kier alpha value is -2.65. The SMILES string of the molecule is CCCCN(CCCN)C(=O)CN1CC(c2ccc3c(c2)CCO3)C(C(=O)O)C1CCN1CC(C)(C)CC1=O. The zero-order valence-corrected chi connectivity index (χ0v) is 23.9. The van der Waals surface area contributed by atoms with Gasteiger partial charge in [0.1, 0.15) is 5.75 Å². The second kappa shape index (κ2) is 12.7. The van der Waals surface area contributed by atoms with E-state index >= 15 is 0 Å². The quantitative estimate of drug-likeness (QED) is 0.394. The number of benzene rings is 1. The van der Waals surface area contributed by atoms with Gasteiger partial charge in [-0.05, 0) is 48.4 Å². The lowest BCUT2D eigenvalue weighted by molar-refractivity contribution is -0.144. The van der Waals surface area contributed by atoms with Crippen LogP contribution in [-0.2, 0) is 20.8 Å². The van der Waals surface area contributed by atoms with Crippen LogP contribution in [0.25, 0.3) is 0 Å². The molecule has 9 heteroatoms. The Bertz CT molecular complexity index is 1040. The minimum Gasteiger partial charge on any atom is -0.493 e. The summed E-state index contributed by atoms with van der Waals surface area (Å²) in [6.07, 6.45) is 4.50. The highest BCUT2D eigenvalue weighted by molar-refractivity contribution is 5.80. The Labute approximate surface area is 232 Å². The molecule has 1 aromatic carbocycles. The Morgan fingerprint density at radius 1 is 1.23 bits per heavy atom. The number of hydrogen-bond donors (Lipinski definition) is 2. The molecule has 0 spiro atoms. The first kappa shape index (κ1) is 29.3. The highest BCUT2D eigenvalue weighted by Gasteiger charge is 2.48. The first-order valence-electron chi connectivity index (χ1n) is 14.6. The molecule has 3 unspecified atom stereocenters.